The van der Waals surface area contributed by atoms with Gasteiger partial charge in [0.1, 0.15) is 11.8 Å². The van der Waals surface area contributed by atoms with E-state index in [4.69, 9.17) is 16.3 Å². The van der Waals surface area contributed by atoms with E-state index in [0.717, 1.165) is 0 Å². The largest absolute Gasteiger partial charge is 0.497 e. The first-order chi connectivity index (χ1) is 16.7. The summed E-state index contributed by atoms with van der Waals surface area (Å²) in [5, 5.41) is 6.59. The predicted octanol–water partition coefficient (Wildman–Crippen LogP) is 4.16. The first kappa shape index (κ1) is 26.5. The molecule has 2 atom stereocenters. The number of hydrogen-bond donors (Lipinski definition) is 2. The maximum Gasteiger partial charge on any atom is 0.253 e. The Morgan fingerprint density at radius 1 is 0.914 bits per heavy atom. The van der Waals surface area contributed by atoms with Crippen molar-refractivity contribution in [2.75, 3.05) is 20.2 Å². The summed E-state index contributed by atoms with van der Waals surface area (Å²) in [6, 6.07) is 12.9. The normalized spacial score (nSPS) is 15.9. The van der Waals surface area contributed by atoms with Crippen molar-refractivity contribution >= 4 is 29.3 Å². The van der Waals surface area contributed by atoms with E-state index < -0.39 is 6.04 Å². The molecule has 3 rings (SSSR count). The highest BCUT2D eigenvalue weighted by Gasteiger charge is 2.35. The summed E-state index contributed by atoms with van der Waals surface area (Å²) in [4.78, 5) is 40.9. The molecule has 35 heavy (non-hydrogen) atoms. The molecule has 0 unspecified atom stereocenters. The molecule has 2 aromatic rings. The van der Waals surface area contributed by atoms with Gasteiger partial charge in [-0.15, -0.1) is 0 Å². The van der Waals surface area contributed by atoms with E-state index in [9.17, 15) is 14.4 Å². The second-order valence-electron chi connectivity index (χ2n) is 9.36. The molecular formula is C27H34ClN3O4. The summed E-state index contributed by atoms with van der Waals surface area (Å²) in [5.74, 6) is 0.248. The van der Waals surface area contributed by atoms with Crippen LogP contribution in [0.25, 0.3) is 0 Å². The number of carbonyl (C=O) groups excluding carboxylic acids is 3. The number of piperidine rings is 1. The average molecular weight is 500 g/mol. The lowest BCUT2D eigenvalue weighted by molar-refractivity contribution is -0.125. The predicted molar refractivity (Wildman–Crippen MR) is 137 cm³/mol. The van der Waals surface area contributed by atoms with Gasteiger partial charge in [-0.25, -0.2) is 0 Å². The second kappa shape index (κ2) is 12.1. The standard InChI is InChI=1S/C27H34ClN3O4/c1-17(2)18(3)29-26(33)24(30-25(32)20-7-11-23(35-4)12-8-20)19-13-15-31(16-14-19)27(34)21-5-9-22(28)10-6-21/h5-12,17-19,24H,13-16H2,1-4H3,(H,29,33)(H,30,32)/t18-,24-/m0/s1. The fraction of sp³-hybridized carbons (Fsp3) is 0.444. The molecule has 7 nitrogen and oxygen atoms in total. The quantitative estimate of drug-likeness (QED) is 0.571. The van der Waals surface area contributed by atoms with Crippen LogP contribution in [0.4, 0.5) is 0 Å². The lowest BCUT2D eigenvalue weighted by Crippen LogP contribution is -2.55. The fourth-order valence-corrected chi connectivity index (χ4v) is 4.18. The lowest BCUT2D eigenvalue weighted by Gasteiger charge is -2.36. The van der Waals surface area contributed by atoms with Crippen molar-refractivity contribution in [2.24, 2.45) is 11.8 Å². The van der Waals surface area contributed by atoms with Crippen LogP contribution in [0, 0.1) is 11.8 Å². The minimum atomic E-state index is -0.696. The molecule has 8 heteroatoms. The van der Waals surface area contributed by atoms with E-state index in [-0.39, 0.29) is 35.6 Å². The number of hydrogen-bond acceptors (Lipinski definition) is 4. The Kier molecular flexibility index (Phi) is 9.15. The van der Waals surface area contributed by atoms with Gasteiger partial charge < -0.3 is 20.3 Å². The number of benzene rings is 2. The van der Waals surface area contributed by atoms with Crippen LogP contribution in [0.2, 0.25) is 5.02 Å². The van der Waals surface area contributed by atoms with Gasteiger partial charge in [-0.2, -0.15) is 0 Å². The van der Waals surface area contributed by atoms with Crippen molar-refractivity contribution in [3.63, 3.8) is 0 Å². The molecular weight excluding hydrogens is 466 g/mol. The number of nitrogens with zero attached hydrogens (tertiary/aromatic N) is 1. The monoisotopic (exact) mass is 499 g/mol. The van der Waals surface area contributed by atoms with Crippen molar-refractivity contribution in [1.82, 2.24) is 15.5 Å². The van der Waals surface area contributed by atoms with Gasteiger partial charge in [0.2, 0.25) is 5.91 Å². The number of amides is 3. The third kappa shape index (κ3) is 6.98. The molecule has 1 saturated heterocycles. The number of methoxy groups -OCH3 is 1. The van der Waals surface area contributed by atoms with Gasteiger partial charge in [-0.05, 0) is 80.1 Å². The zero-order valence-corrected chi connectivity index (χ0v) is 21.5. The first-order valence-electron chi connectivity index (χ1n) is 12.0. The maximum absolute atomic E-state index is 13.3. The van der Waals surface area contributed by atoms with Gasteiger partial charge in [0.25, 0.3) is 11.8 Å². The molecule has 2 aromatic carbocycles. The maximum atomic E-state index is 13.3. The highest BCUT2D eigenvalue weighted by Crippen LogP contribution is 2.24. The molecule has 0 bridgehead atoms. The Labute approximate surface area is 212 Å². The number of rotatable bonds is 8. The summed E-state index contributed by atoms with van der Waals surface area (Å²) in [6.07, 6.45) is 1.22. The Balaban J connectivity index is 1.71. The molecule has 1 aliphatic heterocycles. The molecule has 1 heterocycles. The Bertz CT molecular complexity index is 1020. The van der Waals surface area contributed by atoms with Crippen LogP contribution in [0.3, 0.4) is 0 Å². The number of halogens is 1. The molecule has 188 valence electrons. The van der Waals surface area contributed by atoms with Gasteiger partial charge in [0.15, 0.2) is 0 Å². The molecule has 1 fully saturated rings. The van der Waals surface area contributed by atoms with E-state index in [1.165, 1.54) is 0 Å². The topological polar surface area (TPSA) is 87.7 Å². The van der Waals surface area contributed by atoms with E-state index in [1.807, 2.05) is 20.8 Å². The number of ether oxygens (including phenoxy) is 1. The Hall–Kier alpha value is -3.06. The van der Waals surface area contributed by atoms with E-state index in [0.29, 0.717) is 47.8 Å². The molecule has 2 N–H and O–H groups in total. The summed E-state index contributed by atoms with van der Waals surface area (Å²) < 4.78 is 5.16. The summed E-state index contributed by atoms with van der Waals surface area (Å²) >= 11 is 5.94. The van der Waals surface area contributed by atoms with Crippen LogP contribution in [0.15, 0.2) is 48.5 Å². The van der Waals surface area contributed by atoms with Crippen LogP contribution < -0.4 is 15.4 Å². The molecule has 0 aliphatic carbocycles. The van der Waals surface area contributed by atoms with Crippen LogP contribution in [0.1, 0.15) is 54.3 Å². The van der Waals surface area contributed by atoms with Crippen molar-refractivity contribution in [2.45, 2.75) is 45.7 Å². The zero-order valence-electron chi connectivity index (χ0n) is 20.7. The molecule has 1 aliphatic rings. The molecule has 0 aromatic heterocycles. The van der Waals surface area contributed by atoms with Gasteiger partial charge in [0, 0.05) is 35.3 Å². The summed E-state index contributed by atoms with van der Waals surface area (Å²) in [5.41, 5.74) is 1.04. The summed E-state index contributed by atoms with van der Waals surface area (Å²) in [7, 11) is 1.56. The van der Waals surface area contributed by atoms with Crippen LogP contribution in [0.5, 0.6) is 5.75 Å². The minimum absolute atomic E-state index is 0.0329. The number of nitrogens with one attached hydrogen (secondary N) is 2. The molecule has 3 amide bonds. The third-order valence-electron chi connectivity index (χ3n) is 6.68. The van der Waals surface area contributed by atoms with Gasteiger partial charge in [-0.1, -0.05) is 25.4 Å². The van der Waals surface area contributed by atoms with Crippen molar-refractivity contribution in [3.8, 4) is 5.75 Å². The minimum Gasteiger partial charge on any atom is -0.497 e. The Morgan fingerprint density at radius 2 is 1.49 bits per heavy atom. The fourth-order valence-electron chi connectivity index (χ4n) is 4.06. The third-order valence-corrected chi connectivity index (χ3v) is 6.93. The van der Waals surface area contributed by atoms with Crippen molar-refractivity contribution in [1.29, 1.82) is 0 Å². The van der Waals surface area contributed by atoms with Crippen LogP contribution in [-0.4, -0.2) is 54.9 Å². The molecule has 0 saturated carbocycles. The smallest absolute Gasteiger partial charge is 0.253 e. The highest BCUT2D eigenvalue weighted by atomic mass is 35.5. The number of carbonyl (C=O) groups is 3. The van der Waals surface area contributed by atoms with E-state index in [1.54, 1.807) is 60.5 Å². The SMILES string of the molecule is COc1ccc(C(=O)N[C@H](C(=O)N[C@@H](C)C(C)C)C2CCN(C(=O)c3ccc(Cl)cc3)CC2)cc1. The molecule has 0 spiro atoms. The number of likely N-dealkylation sites (tertiary alicyclic amines) is 1. The van der Waals surface area contributed by atoms with Gasteiger partial charge in [0.05, 0.1) is 7.11 Å². The van der Waals surface area contributed by atoms with E-state index in [2.05, 4.69) is 10.6 Å². The van der Waals surface area contributed by atoms with Crippen LogP contribution >= 0.6 is 11.6 Å². The highest BCUT2D eigenvalue weighted by molar-refractivity contribution is 6.30. The average Bonchev–Trinajstić information content (AvgIpc) is 2.87. The second-order valence-corrected chi connectivity index (χ2v) is 9.79. The first-order valence-corrected chi connectivity index (χ1v) is 12.4. The molecule has 0 radical (unpaired) electrons. The Morgan fingerprint density at radius 3 is 2.03 bits per heavy atom. The van der Waals surface area contributed by atoms with Crippen molar-refractivity contribution in [3.05, 3.63) is 64.7 Å². The summed E-state index contributed by atoms with van der Waals surface area (Å²) in [6.45, 7) is 7.05. The lowest BCUT2D eigenvalue weighted by atomic mass is 9.87. The zero-order chi connectivity index (χ0) is 25.5. The van der Waals surface area contributed by atoms with Gasteiger partial charge >= 0.3 is 0 Å². The van der Waals surface area contributed by atoms with E-state index >= 15 is 0 Å². The van der Waals surface area contributed by atoms with Crippen LogP contribution in [-0.2, 0) is 4.79 Å². The van der Waals surface area contributed by atoms with Crippen molar-refractivity contribution < 1.29 is 19.1 Å². The van der Waals surface area contributed by atoms with Gasteiger partial charge in [-0.3, -0.25) is 14.4 Å².